The van der Waals surface area contributed by atoms with Gasteiger partial charge in [-0.15, -0.1) is 0 Å². The lowest BCUT2D eigenvalue weighted by Gasteiger charge is -2.43. The summed E-state index contributed by atoms with van der Waals surface area (Å²) >= 11 is 0. The van der Waals surface area contributed by atoms with Gasteiger partial charge in [0.1, 0.15) is 23.1 Å². The molecule has 0 saturated heterocycles. The van der Waals surface area contributed by atoms with E-state index in [0.29, 0.717) is 12.2 Å². The largest absolute Gasteiger partial charge is 0.461 e. The van der Waals surface area contributed by atoms with Crippen LogP contribution in [0.3, 0.4) is 0 Å². The number of esters is 1. The fourth-order valence-electron chi connectivity index (χ4n) is 2.03. The van der Waals surface area contributed by atoms with E-state index in [1.807, 2.05) is 0 Å². The Morgan fingerprint density at radius 2 is 1.53 bits per heavy atom. The fraction of sp³-hybridized carbons (Fsp3) is 0.750. The third-order valence-corrected chi connectivity index (χ3v) is 10.2. The molecule has 0 bridgehead atoms. The van der Waals surface area contributed by atoms with Gasteiger partial charge in [-0.05, 0) is 6.92 Å². The summed E-state index contributed by atoms with van der Waals surface area (Å²) in [5, 5.41) is 0. The molecule has 0 radical (unpaired) electrons. The molecule has 0 rings (SSSR count). The summed E-state index contributed by atoms with van der Waals surface area (Å²) in [5.74, 6) is -0.281. The monoisotopic (exact) mass is 273 g/mol. The molecule has 0 aromatic carbocycles. The van der Waals surface area contributed by atoms with Crippen LogP contribution in [0.2, 0.25) is 39.3 Å². The summed E-state index contributed by atoms with van der Waals surface area (Å²) in [7, 11) is -2.68. The first kappa shape index (κ1) is 16.6. The smallest absolute Gasteiger partial charge is 0.333 e. The number of nitrogens with zero attached hydrogens (tertiary/aromatic N) is 1. The van der Waals surface area contributed by atoms with Crippen molar-refractivity contribution in [2.45, 2.75) is 46.2 Å². The van der Waals surface area contributed by atoms with E-state index < -0.39 is 16.5 Å². The van der Waals surface area contributed by atoms with E-state index in [4.69, 9.17) is 4.74 Å². The number of carbonyl (C=O) groups is 1. The van der Waals surface area contributed by atoms with E-state index in [1.165, 1.54) is 0 Å². The predicted octanol–water partition coefficient (Wildman–Crippen LogP) is 3.08. The maximum Gasteiger partial charge on any atom is 0.333 e. The van der Waals surface area contributed by atoms with Crippen LogP contribution < -0.4 is 0 Å². The van der Waals surface area contributed by atoms with Gasteiger partial charge in [0.05, 0.1) is 0 Å². The number of hydrogen-bond donors (Lipinski definition) is 0. The first-order valence-electron chi connectivity index (χ1n) is 6.06. The van der Waals surface area contributed by atoms with Gasteiger partial charge in [-0.2, -0.15) is 0 Å². The number of ether oxygens (including phenoxy) is 1. The second-order valence-corrected chi connectivity index (χ2v) is 16.6. The quantitative estimate of drug-likeness (QED) is 0.423. The molecule has 0 aliphatic heterocycles. The van der Waals surface area contributed by atoms with E-state index in [-0.39, 0.29) is 5.97 Å². The number of rotatable bonds is 6. The van der Waals surface area contributed by atoms with Crippen LogP contribution in [0.4, 0.5) is 0 Å². The molecule has 0 aliphatic rings. The van der Waals surface area contributed by atoms with Gasteiger partial charge < -0.3 is 8.97 Å². The van der Waals surface area contributed by atoms with Crippen molar-refractivity contribution < 1.29 is 9.53 Å². The third kappa shape index (κ3) is 6.19. The molecule has 3 nitrogen and oxygen atoms in total. The molecule has 0 fully saturated rings. The minimum atomic E-state index is -1.34. The molecular weight excluding hydrogens is 246 g/mol. The highest BCUT2D eigenvalue weighted by Gasteiger charge is 2.33. The van der Waals surface area contributed by atoms with Crippen molar-refractivity contribution >= 4 is 22.4 Å². The van der Waals surface area contributed by atoms with Crippen LogP contribution in [-0.4, -0.2) is 39.8 Å². The lowest BCUT2D eigenvalue weighted by Crippen LogP contribution is -2.60. The molecule has 0 saturated carbocycles. The average molecular weight is 274 g/mol. The summed E-state index contributed by atoms with van der Waals surface area (Å²) < 4.78 is 7.79. The molecule has 0 spiro atoms. The molecule has 17 heavy (non-hydrogen) atoms. The summed E-state index contributed by atoms with van der Waals surface area (Å²) in [5.41, 5.74) is 0.470. The van der Waals surface area contributed by atoms with Crippen LogP contribution in [0.15, 0.2) is 12.2 Å². The topological polar surface area (TPSA) is 29.5 Å². The Labute approximate surface area is 108 Å². The van der Waals surface area contributed by atoms with Crippen molar-refractivity contribution in [1.29, 1.82) is 0 Å². The van der Waals surface area contributed by atoms with Gasteiger partial charge in [0.15, 0.2) is 0 Å². The lowest BCUT2D eigenvalue weighted by molar-refractivity contribution is -0.138. The minimum Gasteiger partial charge on any atom is -0.461 e. The SMILES string of the molecule is C=C(C)C(=O)OCCN([Si](C)(C)C)[Si](C)(C)C. The minimum absolute atomic E-state index is 0.281. The summed E-state index contributed by atoms with van der Waals surface area (Å²) in [6, 6.07) is 0. The third-order valence-electron chi connectivity index (χ3n) is 2.52. The Kier molecular flexibility index (Phi) is 5.83. The Morgan fingerprint density at radius 3 is 1.82 bits per heavy atom. The molecule has 0 heterocycles. The van der Waals surface area contributed by atoms with Crippen LogP contribution in [0.5, 0.6) is 0 Å². The van der Waals surface area contributed by atoms with E-state index >= 15 is 0 Å². The highest BCUT2D eigenvalue weighted by molar-refractivity contribution is 6.89. The van der Waals surface area contributed by atoms with Gasteiger partial charge >= 0.3 is 5.97 Å². The summed E-state index contributed by atoms with van der Waals surface area (Å²) in [4.78, 5) is 11.3. The van der Waals surface area contributed by atoms with E-state index in [0.717, 1.165) is 6.54 Å². The van der Waals surface area contributed by atoms with Gasteiger partial charge in [0.2, 0.25) is 0 Å². The Hall–Kier alpha value is -0.396. The average Bonchev–Trinajstić information content (AvgIpc) is 2.07. The molecule has 100 valence electrons. The van der Waals surface area contributed by atoms with Crippen molar-refractivity contribution in [1.82, 2.24) is 4.23 Å². The molecule has 0 aromatic rings. The van der Waals surface area contributed by atoms with E-state index in [2.05, 4.69) is 50.1 Å². The summed E-state index contributed by atoms with van der Waals surface area (Å²) in [6.07, 6.45) is 0. The van der Waals surface area contributed by atoms with Gasteiger partial charge in [0.25, 0.3) is 0 Å². The molecule has 0 N–H and O–H groups in total. The van der Waals surface area contributed by atoms with Crippen LogP contribution in [-0.2, 0) is 9.53 Å². The first-order chi connectivity index (χ1) is 7.46. The predicted molar refractivity (Wildman–Crippen MR) is 79.2 cm³/mol. The molecule has 5 heteroatoms. The maximum absolute atomic E-state index is 11.3. The van der Waals surface area contributed by atoms with Gasteiger partial charge in [-0.25, -0.2) is 4.79 Å². The van der Waals surface area contributed by atoms with Gasteiger partial charge in [-0.1, -0.05) is 45.9 Å². The van der Waals surface area contributed by atoms with Crippen molar-refractivity contribution in [2.24, 2.45) is 0 Å². The van der Waals surface area contributed by atoms with E-state index in [1.54, 1.807) is 6.92 Å². The molecule has 0 amide bonds. The number of hydrogen-bond acceptors (Lipinski definition) is 3. The normalized spacial score (nSPS) is 12.7. The van der Waals surface area contributed by atoms with Crippen molar-refractivity contribution in [3.8, 4) is 0 Å². The Morgan fingerprint density at radius 1 is 1.12 bits per heavy atom. The van der Waals surface area contributed by atoms with Gasteiger partial charge in [-0.3, -0.25) is 0 Å². The second-order valence-electron chi connectivity index (χ2n) is 6.41. The van der Waals surface area contributed by atoms with Gasteiger partial charge in [0, 0.05) is 12.1 Å². The van der Waals surface area contributed by atoms with E-state index in [9.17, 15) is 4.79 Å². The molecule has 0 aliphatic carbocycles. The lowest BCUT2D eigenvalue weighted by atomic mass is 10.4. The zero-order valence-electron chi connectivity index (χ0n) is 12.4. The number of carbonyl (C=O) groups excluding carboxylic acids is 1. The van der Waals surface area contributed by atoms with Crippen molar-refractivity contribution in [3.05, 3.63) is 12.2 Å². The summed E-state index contributed by atoms with van der Waals surface area (Å²) in [6.45, 7) is 20.6. The van der Waals surface area contributed by atoms with Crippen LogP contribution in [0.25, 0.3) is 0 Å². The molecule has 0 atom stereocenters. The van der Waals surface area contributed by atoms with Crippen molar-refractivity contribution in [3.63, 3.8) is 0 Å². The Bertz CT molecular complexity index is 276. The van der Waals surface area contributed by atoms with Crippen LogP contribution in [0.1, 0.15) is 6.92 Å². The molecule has 0 aromatic heterocycles. The molecular formula is C12H27NO2Si2. The highest BCUT2D eigenvalue weighted by atomic mass is 28.4. The first-order valence-corrected chi connectivity index (χ1v) is 13.0. The van der Waals surface area contributed by atoms with Crippen LogP contribution >= 0.6 is 0 Å². The standard InChI is InChI=1S/C12H27NO2Si2/c1-11(2)12(14)15-10-9-13(16(3,4)5)17(6,7)8/h1,9-10H2,2-8H3. The fourth-order valence-corrected chi connectivity index (χ4v) is 11.6. The highest BCUT2D eigenvalue weighted by Crippen LogP contribution is 2.19. The second kappa shape index (κ2) is 5.97. The zero-order chi connectivity index (χ0) is 13.9. The van der Waals surface area contributed by atoms with Crippen LogP contribution in [0, 0.1) is 0 Å². The zero-order valence-corrected chi connectivity index (χ0v) is 14.4. The van der Waals surface area contributed by atoms with Crippen molar-refractivity contribution in [2.75, 3.05) is 13.2 Å². The maximum atomic E-state index is 11.3. The Balaban J connectivity index is 4.40. The molecule has 0 unspecified atom stereocenters.